The lowest BCUT2D eigenvalue weighted by Crippen LogP contribution is -2.29. The van der Waals surface area contributed by atoms with Crippen LogP contribution < -0.4 is 0 Å². The molecule has 0 N–H and O–H groups in total. The molecule has 32 heavy (non-hydrogen) atoms. The maximum absolute atomic E-state index is 13.1. The van der Waals surface area contributed by atoms with Gasteiger partial charge in [0.05, 0.1) is 10.4 Å². The monoisotopic (exact) mass is 446 g/mol. The number of carbonyl (C=O) groups is 2. The molecule has 1 aliphatic heterocycles. The smallest absolute Gasteiger partial charge is 0.263 e. The lowest BCUT2D eigenvalue weighted by Gasteiger charge is -2.18. The van der Waals surface area contributed by atoms with Crippen molar-refractivity contribution in [3.63, 3.8) is 0 Å². The van der Waals surface area contributed by atoms with Crippen LogP contribution in [-0.2, 0) is 0 Å². The van der Waals surface area contributed by atoms with E-state index in [0.717, 1.165) is 22.2 Å². The zero-order chi connectivity index (χ0) is 22.2. The summed E-state index contributed by atoms with van der Waals surface area (Å²) in [5.41, 5.74) is 1.56. The lowest BCUT2D eigenvalue weighted by molar-refractivity contribution is 0.0790. The van der Waals surface area contributed by atoms with E-state index < -0.39 is 0 Å². The second-order valence-corrected chi connectivity index (χ2v) is 8.99. The van der Waals surface area contributed by atoms with E-state index in [9.17, 15) is 9.59 Å². The maximum atomic E-state index is 13.1. The molecule has 5 rings (SSSR count). The Balaban J connectivity index is 1.40. The molecule has 0 aromatic carbocycles. The highest BCUT2D eigenvalue weighted by atomic mass is 32.1. The average Bonchev–Trinajstić information content (AvgIpc) is 3.57. The number of likely N-dealkylation sites (tertiary alicyclic amines) is 1. The van der Waals surface area contributed by atoms with Crippen LogP contribution in [-0.4, -0.2) is 68.5 Å². The number of rotatable bonds is 4. The van der Waals surface area contributed by atoms with Crippen molar-refractivity contribution in [3.8, 4) is 5.82 Å². The van der Waals surface area contributed by atoms with Crippen LogP contribution in [0.15, 0.2) is 55.1 Å². The Bertz CT molecular complexity index is 1280. The Morgan fingerprint density at radius 1 is 1.12 bits per heavy atom. The van der Waals surface area contributed by atoms with Gasteiger partial charge in [-0.1, -0.05) is 6.07 Å². The lowest BCUT2D eigenvalue weighted by atomic mass is 9.95. The van der Waals surface area contributed by atoms with Gasteiger partial charge in [0.25, 0.3) is 11.8 Å². The fraction of sp³-hybridized carbons (Fsp3) is 0.261. The highest BCUT2D eigenvalue weighted by Crippen LogP contribution is 2.40. The molecule has 1 fully saturated rings. The van der Waals surface area contributed by atoms with Crippen LogP contribution in [0, 0.1) is 0 Å². The summed E-state index contributed by atoms with van der Waals surface area (Å²) in [4.78, 5) is 39.9. The fourth-order valence-corrected chi connectivity index (χ4v) is 5.39. The van der Waals surface area contributed by atoms with Gasteiger partial charge in [0.15, 0.2) is 5.82 Å². The summed E-state index contributed by atoms with van der Waals surface area (Å²) in [6.07, 6.45) is 7.64. The second kappa shape index (κ2) is 8.16. The average molecular weight is 447 g/mol. The van der Waals surface area contributed by atoms with E-state index >= 15 is 0 Å². The fourth-order valence-electron chi connectivity index (χ4n) is 4.13. The standard InChI is InChI=1S/C23H22N6O2S/c1-27(2)23(31)20-19(17-5-3-9-24-21(17)32-20)16-8-12-28(14-16)22(30)15-6-7-18(25-13-15)29-11-4-10-26-29/h3-7,9-11,13,16H,8,12,14H2,1-2H3/t16-/m1/s1. The van der Waals surface area contributed by atoms with Gasteiger partial charge in [0, 0.05) is 63.3 Å². The molecule has 2 amide bonds. The topological polar surface area (TPSA) is 84.2 Å². The summed E-state index contributed by atoms with van der Waals surface area (Å²) in [5.74, 6) is 0.679. The van der Waals surface area contributed by atoms with Gasteiger partial charge >= 0.3 is 0 Å². The van der Waals surface area contributed by atoms with Crippen LogP contribution in [0.3, 0.4) is 0 Å². The number of fused-ring (bicyclic) bond motifs is 1. The number of pyridine rings is 2. The SMILES string of the molecule is CN(C)C(=O)c1sc2ncccc2c1[C@@H]1CCN(C(=O)c2ccc(-n3cccn3)nc2)C1. The number of amides is 2. The van der Waals surface area contributed by atoms with Crippen molar-refractivity contribution in [2.24, 2.45) is 0 Å². The van der Waals surface area contributed by atoms with Gasteiger partial charge in [0.2, 0.25) is 0 Å². The van der Waals surface area contributed by atoms with Crippen LogP contribution >= 0.6 is 11.3 Å². The van der Waals surface area contributed by atoms with Gasteiger partial charge in [-0.25, -0.2) is 14.6 Å². The number of nitrogens with zero attached hydrogens (tertiary/aromatic N) is 6. The van der Waals surface area contributed by atoms with E-state index in [1.165, 1.54) is 11.3 Å². The van der Waals surface area contributed by atoms with Crippen LogP contribution in [0.2, 0.25) is 0 Å². The van der Waals surface area contributed by atoms with E-state index in [0.29, 0.717) is 29.3 Å². The first-order valence-corrected chi connectivity index (χ1v) is 11.2. The minimum atomic E-state index is -0.0508. The highest BCUT2D eigenvalue weighted by Gasteiger charge is 2.33. The number of hydrogen-bond donors (Lipinski definition) is 0. The molecule has 0 radical (unpaired) electrons. The summed E-state index contributed by atoms with van der Waals surface area (Å²) >= 11 is 1.43. The van der Waals surface area contributed by atoms with Gasteiger partial charge in [-0.3, -0.25) is 9.59 Å². The first kappa shape index (κ1) is 20.3. The molecule has 4 aromatic rings. The van der Waals surface area contributed by atoms with Gasteiger partial charge in [-0.05, 0) is 36.2 Å². The largest absolute Gasteiger partial charge is 0.344 e. The zero-order valence-electron chi connectivity index (χ0n) is 17.8. The molecule has 0 aliphatic carbocycles. The van der Waals surface area contributed by atoms with Gasteiger partial charge < -0.3 is 9.80 Å². The summed E-state index contributed by atoms with van der Waals surface area (Å²) in [6, 6.07) is 9.31. The second-order valence-electron chi connectivity index (χ2n) is 7.99. The van der Waals surface area contributed by atoms with Crippen molar-refractivity contribution >= 4 is 33.4 Å². The molecule has 1 atom stereocenters. The molecule has 1 saturated heterocycles. The minimum absolute atomic E-state index is 0.0220. The Hall–Kier alpha value is -3.59. The van der Waals surface area contributed by atoms with Crippen LogP contribution in [0.1, 0.15) is 37.9 Å². The maximum Gasteiger partial charge on any atom is 0.263 e. The van der Waals surface area contributed by atoms with Crippen molar-refractivity contribution in [2.45, 2.75) is 12.3 Å². The van der Waals surface area contributed by atoms with Gasteiger partial charge in [0.1, 0.15) is 4.83 Å². The van der Waals surface area contributed by atoms with Crippen LogP contribution in [0.5, 0.6) is 0 Å². The van der Waals surface area contributed by atoms with Crippen molar-refractivity contribution in [2.75, 3.05) is 27.2 Å². The Labute approximate surface area is 189 Å². The predicted octanol–water partition coefficient (Wildman–Crippen LogP) is 3.21. The Kier molecular flexibility index (Phi) is 5.18. The van der Waals surface area contributed by atoms with Gasteiger partial charge in [-0.15, -0.1) is 11.3 Å². The van der Waals surface area contributed by atoms with E-state index in [1.54, 1.807) is 54.4 Å². The number of carbonyl (C=O) groups excluding carboxylic acids is 2. The molecule has 4 aromatic heterocycles. The third-order valence-corrected chi connectivity index (χ3v) is 6.84. The van der Waals surface area contributed by atoms with Crippen LogP contribution in [0.4, 0.5) is 0 Å². The van der Waals surface area contributed by atoms with E-state index in [1.807, 2.05) is 29.3 Å². The van der Waals surface area contributed by atoms with Gasteiger partial charge in [-0.2, -0.15) is 5.10 Å². The minimum Gasteiger partial charge on any atom is -0.344 e. The summed E-state index contributed by atoms with van der Waals surface area (Å²) in [5, 5.41) is 5.17. The number of hydrogen-bond acceptors (Lipinski definition) is 6. The van der Waals surface area contributed by atoms with Crippen molar-refractivity contribution in [1.82, 2.24) is 29.5 Å². The van der Waals surface area contributed by atoms with E-state index in [2.05, 4.69) is 15.1 Å². The molecule has 5 heterocycles. The highest BCUT2D eigenvalue weighted by molar-refractivity contribution is 7.20. The Morgan fingerprint density at radius 3 is 2.72 bits per heavy atom. The molecule has 162 valence electrons. The molecular weight excluding hydrogens is 424 g/mol. The van der Waals surface area contributed by atoms with Crippen molar-refractivity contribution in [1.29, 1.82) is 0 Å². The molecule has 8 nitrogen and oxygen atoms in total. The quantitative estimate of drug-likeness (QED) is 0.481. The van der Waals surface area contributed by atoms with Crippen molar-refractivity contribution in [3.05, 3.63) is 71.1 Å². The Morgan fingerprint density at radius 2 is 2.00 bits per heavy atom. The molecule has 0 spiro atoms. The summed E-state index contributed by atoms with van der Waals surface area (Å²) < 4.78 is 1.65. The molecule has 0 unspecified atom stereocenters. The zero-order valence-corrected chi connectivity index (χ0v) is 18.6. The predicted molar refractivity (Wildman–Crippen MR) is 122 cm³/mol. The first-order chi connectivity index (χ1) is 15.5. The summed E-state index contributed by atoms with van der Waals surface area (Å²) in [7, 11) is 3.52. The van der Waals surface area contributed by atoms with Crippen molar-refractivity contribution < 1.29 is 9.59 Å². The van der Waals surface area contributed by atoms with Crippen LogP contribution in [0.25, 0.3) is 16.0 Å². The number of thiophene rings is 1. The summed E-state index contributed by atoms with van der Waals surface area (Å²) in [6.45, 7) is 1.20. The molecular formula is C23H22N6O2S. The van der Waals surface area contributed by atoms with E-state index in [4.69, 9.17) is 0 Å². The molecule has 1 aliphatic rings. The van der Waals surface area contributed by atoms with E-state index in [-0.39, 0.29) is 17.7 Å². The third-order valence-electron chi connectivity index (χ3n) is 5.72. The third kappa shape index (κ3) is 3.54. The molecule has 9 heteroatoms. The number of aromatic nitrogens is 4. The molecule has 0 bridgehead atoms. The normalized spacial score (nSPS) is 15.9. The molecule has 0 saturated carbocycles. The first-order valence-electron chi connectivity index (χ1n) is 10.4.